The van der Waals surface area contributed by atoms with Gasteiger partial charge in [-0.2, -0.15) is 0 Å². The number of hydrogen-bond donors (Lipinski definition) is 0. The molecule has 5 nitrogen and oxygen atoms in total. The van der Waals surface area contributed by atoms with Crippen molar-refractivity contribution in [3.63, 3.8) is 0 Å². The number of aromatic nitrogens is 2. The van der Waals surface area contributed by atoms with E-state index in [0.29, 0.717) is 13.1 Å². The van der Waals surface area contributed by atoms with Crippen LogP contribution >= 0.6 is 0 Å². The summed E-state index contributed by atoms with van der Waals surface area (Å²) in [6.07, 6.45) is 3.82. The third-order valence-corrected chi connectivity index (χ3v) is 7.41. The number of piperidine rings is 1. The van der Waals surface area contributed by atoms with Gasteiger partial charge in [0.15, 0.2) is 0 Å². The van der Waals surface area contributed by atoms with Crippen molar-refractivity contribution in [2.75, 3.05) is 13.1 Å². The fourth-order valence-corrected chi connectivity index (χ4v) is 5.71. The highest BCUT2D eigenvalue weighted by Gasteiger charge is 2.29. The van der Waals surface area contributed by atoms with Crippen molar-refractivity contribution in [1.29, 1.82) is 0 Å². The third-order valence-electron chi connectivity index (χ3n) is 5.59. The Bertz CT molecular complexity index is 1050. The van der Waals surface area contributed by atoms with Gasteiger partial charge in [-0.05, 0) is 31.2 Å². The average Bonchev–Trinajstić information content (AvgIpc) is 3.10. The highest BCUT2D eigenvalue weighted by molar-refractivity contribution is 7.88. The van der Waals surface area contributed by atoms with Crippen LogP contribution in [0.2, 0.25) is 0 Å². The molecule has 1 unspecified atom stereocenters. The van der Waals surface area contributed by atoms with E-state index in [1.54, 1.807) is 4.31 Å². The van der Waals surface area contributed by atoms with E-state index in [2.05, 4.69) is 28.6 Å². The molecule has 3 aromatic rings. The summed E-state index contributed by atoms with van der Waals surface area (Å²) in [6.45, 7) is 4.03. The number of benzene rings is 2. The first-order valence-corrected chi connectivity index (χ1v) is 11.7. The molecule has 4 rings (SSSR count). The van der Waals surface area contributed by atoms with E-state index < -0.39 is 10.0 Å². The van der Waals surface area contributed by atoms with Crippen LogP contribution in [0.5, 0.6) is 0 Å². The van der Waals surface area contributed by atoms with Crippen molar-refractivity contribution in [3.05, 3.63) is 78.1 Å². The third kappa shape index (κ3) is 4.60. The van der Waals surface area contributed by atoms with Gasteiger partial charge in [0.2, 0.25) is 10.0 Å². The summed E-state index contributed by atoms with van der Waals surface area (Å²) in [5, 5.41) is 0. The van der Waals surface area contributed by atoms with Gasteiger partial charge in [-0.15, -0.1) is 0 Å². The second-order valence-electron chi connectivity index (χ2n) is 7.81. The van der Waals surface area contributed by atoms with Crippen LogP contribution in [-0.4, -0.2) is 35.4 Å². The maximum absolute atomic E-state index is 13.0. The monoisotopic (exact) mass is 409 g/mol. The molecule has 1 aromatic heterocycles. The molecule has 1 atom stereocenters. The van der Waals surface area contributed by atoms with E-state index in [4.69, 9.17) is 0 Å². The van der Waals surface area contributed by atoms with Gasteiger partial charge in [0.1, 0.15) is 5.82 Å². The molecule has 2 heterocycles. The van der Waals surface area contributed by atoms with Gasteiger partial charge in [-0.1, -0.05) is 60.7 Å². The number of imidazole rings is 1. The minimum Gasteiger partial charge on any atom is -0.328 e. The Kier molecular flexibility index (Phi) is 5.83. The Morgan fingerprint density at radius 2 is 1.72 bits per heavy atom. The van der Waals surface area contributed by atoms with Crippen LogP contribution in [0.3, 0.4) is 0 Å². The number of hydrogen-bond acceptors (Lipinski definition) is 3. The molecule has 1 aliphatic heterocycles. The Hall–Kier alpha value is -2.44. The zero-order valence-electron chi connectivity index (χ0n) is 16.7. The number of rotatable bonds is 6. The lowest BCUT2D eigenvalue weighted by Gasteiger charge is -2.32. The molecule has 0 saturated carbocycles. The van der Waals surface area contributed by atoms with Crippen LogP contribution in [0, 0.1) is 12.8 Å². The van der Waals surface area contributed by atoms with Crippen LogP contribution in [0.15, 0.2) is 66.9 Å². The lowest BCUT2D eigenvalue weighted by atomic mass is 9.99. The topological polar surface area (TPSA) is 55.2 Å². The molecule has 0 aliphatic carbocycles. The van der Waals surface area contributed by atoms with E-state index in [9.17, 15) is 8.42 Å². The summed E-state index contributed by atoms with van der Waals surface area (Å²) < 4.78 is 29.8. The zero-order chi connectivity index (χ0) is 20.3. The molecule has 0 radical (unpaired) electrons. The van der Waals surface area contributed by atoms with E-state index in [0.717, 1.165) is 42.0 Å². The quantitative estimate of drug-likeness (QED) is 0.616. The van der Waals surface area contributed by atoms with Gasteiger partial charge in [-0.25, -0.2) is 17.7 Å². The molecule has 29 heavy (non-hydrogen) atoms. The predicted molar refractivity (Wildman–Crippen MR) is 116 cm³/mol. The van der Waals surface area contributed by atoms with Gasteiger partial charge in [0.05, 0.1) is 5.75 Å². The first-order valence-electron chi connectivity index (χ1n) is 10.1. The first kappa shape index (κ1) is 19.9. The summed E-state index contributed by atoms with van der Waals surface area (Å²) in [4.78, 5) is 4.61. The van der Waals surface area contributed by atoms with Crippen molar-refractivity contribution in [2.24, 2.45) is 5.92 Å². The van der Waals surface area contributed by atoms with Gasteiger partial charge in [-0.3, -0.25) is 0 Å². The maximum atomic E-state index is 13.0. The molecule has 0 amide bonds. The van der Waals surface area contributed by atoms with Crippen molar-refractivity contribution in [2.45, 2.75) is 32.1 Å². The Balaban J connectivity index is 1.49. The molecule has 0 spiro atoms. The van der Waals surface area contributed by atoms with E-state index in [1.807, 2.05) is 54.7 Å². The van der Waals surface area contributed by atoms with Crippen molar-refractivity contribution >= 4 is 10.0 Å². The zero-order valence-corrected chi connectivity index (χ0v) is 17.6. The molecular formula is C23H27N3O2S. The fraction of sp³-hybridized carbons (Fsp3) is 0.348. The molecule has 1 aliphatic rings. The summed E-state index contributed by atoms with van der Waals surface area (Å²) in [5.41, 5.74) is 3.03. The van der Waals surface area contributed by atoms with Crippen molar-refractivity contribution in [3.8, 4) is 11.4 Å². The molecule has 0 bridgehead atoms. The summed E-state index contributed by atoms with van der Waals surface area (Å²) in [6, 6.07) is 19.6. The maximum Gasteiger partial charge on any atom is 0.218 e. The minimum absolute atomic E-state index is 0.0694. The number of aryl methyl sites for hydroxylation is 1. The molecule has 2 aromatic carbocycles. The van der Waals surface area contributed by atoms with Gasteiger partial charge in [0, 0.05) is 37.1 Å². The Morgan fingerprint density at radius 1 is 1.03 bits per heavy atom. The number of sulfonamides is 1. The van der Waals surface area contributed by atoms with Gasteiger partial charge < -0.3 is 4.57 Å². The molecule has 152 valence electrons. The Morgan fingerprint density at radius 3 is 2.45 bits per heavy atom. The second-order valence-corrected chi connectivity index (χ2v) is 9.78. The minimum atomic E-state index is -3.31. The van der Waals surface area contributed by atoms with Gasteiger partial charge >= 0.3 is 0 Å². The van der Waals surface area contributed by atoms with Crippen molar-refractivity contribution in [1.82, 2.24) is 13.9 Å². The Labute approximate surface area is 173 Å². The molecule has 1 fully saturated rings. The largest absolute Gasteiger partial charge is 0.328 e. The predicted octanol–water partition coefficient (Wildman–Crippen LogP) is 4.10. The molecule has 1 saturated heterocycles. The molecule has 6 heteroatoms. The molecule has 0 N–H and O–H groups in total. The van der Waals surface area contributed by atoms with Crippen LogP contribution in [-0.2, 0) is 22.3 Å². The van der Waals surface area contributed by atoms with E-state index in [1.165, 1.54) is 0 Å². The highest BCUT2D eigenvalue weighted by Crippen LogP contribution is 2.26. The molecular weight excluding hydrogens is 382 g/mol. The summed E-state index contributed by atoms with van der Waals surface area (Å²) in [5.74, 6) is 1.30. The lowest BCUT2D eigenvalue weighted by Crippen LogP contribution is -2.41. The summed E-state index contributed by atoms with van der Waals surface area (Å²) >= 11 is 0. The SMILES string of the molecule is Cc1cnc(-c2ccccc2)n1CC1CCCN(S(=O)(=O)Cc2ccccc2)C1. The van der Waals surface area contributed by atoms with E-state index in [-0.39, 0.29) is 11.7 Å². The van der Waals surface area contributed by atoms with Crippen LogP contribution in [0.25, 0.3) is 11.4 Å². The highest BCUT2D eigenvalue weighted by atomic mass is 32.2. The fourth-order valence-electron chi connectivity index (χ4n) is 4.07. The second kappa shape index (κ2) is 8.51. The normalized spacial score (nSPS) is 18.0. The summed E-state index contributed by atoms with van der Waals surface area (Å²) in [7, 11) is -3.31. The first-order chi connectivity index (χ1) is 14.0. The van der Waals surface area contributed by atoms with Gasteiger partial charge in [0.25, 0.3) is 0 Å². The van der Waals surface area contributed by atoms with E-state index >= 15 is 0 Å². The smallest absolute Gasteiger partial charge is 0.218 e. The van der Waals surface area contributed by atoms with Crippen LogP contribution < -0.4 is 0 Å². The standard InChI is InChI=1S/C23H27N3O2S/c1-19-15-24-23(22-12-6-3-7-13-22)26(19)17-21-11-8-14-25(16-21)29(27,28)18-20-9-4-2-5-10-20/h2-7,9-10,12-13,15,21H,8,11,14,16-18H2,1H3. The van der Waals surface area contributed by atoms with Crippen molar-refractivity contribution < 1.29 is 8.42 Å². The van der Waals surface area contributed by atoms with Crippen LogP contribution in [0.1, 0.15) is 24.1 Å². The van der Waals surface area contributed by atoms with Crippen LogP contribution in [0.4, 0.5) is 0 Å². The number of nitrogens with zero attached hydrogens (tertiary/aromatic N) is 3. The average molecular weight is 410 g/mol. The lowest BCUT2D eigenvalue weighted by molar-refractivity contribution is 0.245.